The van der Waals surface area contributed by atoms with Gasteiger partial charge in [0, 0.05) is 25.0 Å². The molecule has 1 aliphatic carbocycles. The van der Waals surface area contributed by atoms with Crippen LogP contribution in [-0.2, 0) is 36.0 Å². The van der Waals surface area contributed by atoms with Crippen molar-refractivity contribution in [2.75, 3.05) is 7.11 Å². The van der Waals surface area contributed by atoms with Crippen molar-refractivity contribution in [1.29, 1.82) is 0 Å². The average molecular weight is 577 g/mol. The molecular weight excluding hydrogens is 540 g/mol. The summed E-state index contributed by atoms with van der Waals surface area (Å²) in [5, 5.41) is 5.77. The Morgan fingerprint density at radius 1 is 0.738 bits per heavy atom. The minimum atomic E-state index is -3.62. The third-order valence-corrected chi connectivity index (χ3v) is 9.75. The monoisotopic (exact) mass is 576 g/mol. The predicted octanol–water partition coefficient (Wildman–Crippen LogP) is 6.76. The number of sulfonamides is 1. The van der Waals surface area contributed by atoms with Crippen molar-refractivity contribution in [2.24, 2.45) is 0 Å². The van der Waals surface area contributed by atoms with Crippen LogP contribution in [0.1, 0.15) is 40.2 Å². The van der Waals surface area contributed by atoms with Gasteiger partial charge in [-0.25, -0.2) is 13.1 Å². The second-order valence-electron chi connectivity index (χ2n) is 11.0. The van der Waals surface area contributed by atoms with E-state index in [0.29, 0.717) is 12.0 Å². The van der Waals surface area contributed by atoms with Crippen molar-refractivity contribution in [1.82, 2.24) is 10.0 Å². The summed E-state index contributed by atoms with van der Waals surface area (Å²) in [6.07, 6.45) is 3.06. The molecule has 6 rings (SSSR count). The molecule has 5 nitrogen and oxygen atoms in total. The predicted molar refractivity (Wildman–Crippen MR) is 169 cm³/mol. The molecule has 2 atom stereocenters. The highest BCUT2D eigenvalue weighted by Gasteiger charge is 2.29. The molecular formula is C36H36N2O3S. The third kappa shape index (κ3) is 6.41. The molecule has 0 heterocycles. The fourth-order valence-corrected chi connectivity index (χ4v) is 7.05. The van der Waals surface area contributed by atoms with E-state index in [0.717, 1.165) is 47.9 Å². The lowest BCUT2D eigenvalue weighted by Gasteiger charge is -2.35. The van der Waals surface area contributed by atoms with Crippen LogP contribution in [0, 0.1) is 0 Å². The fraction of sp³-hybridized carbons (Fsp3) is 0.222. The van der Waals surface area contributed by atoms with Crippen LogP contribution >= 0.6 is 0 Å². The molecule has 0 fully saturated rings. The fourth-order valence-electron chi connectivity index (χ4n) is 6.00. The van der Waals surface area contributed by atoms with Crippen molar-refractivity contribution in [3.05, 3.63) is 143 Å². The zero-order chi connectivity index (χ0) is 28.9. The summed E-state index contributed by atoms with van der Waals surface area (Å²) in [6.45, 7) is 0.995. The quantitative estimate of drug-likeness (QED) is 0.193. The summed E-state index contributed by atoms with van der Waals surface area (Å²) in [5.41, 5.74) is 6.22. The number of methoxy groups -OCH3 is 1. The molecule has 42 heavy (non-hydrogen) atoms. The molecule has 5 aromatic rings. The molecule has 0 saturated heterocycles. The van der Waals surface area contributed by atoms with Gasteiger partial charge in [0.2, 0.25) is 10.0 Å². The van der Waals surface area contributed by atoms with E-state index in [9.17, 15) is 8.42 Å². The van der Waals surface area contributed by atoms with Crippen LogP contribution in [0.25, 0.3) is 10.8 Å². The van der Waals surface area contributed by atoms with E-state index in [1.165, 1.54) is 22.3 Å². The highest BCUT2D eigenvalue weighted by Crippen LogP contribution is 2.36. The van der Waals surface area contributed by atoms with Gasteiger partial charge in [-0.15, -0.1) is 0 Å². The van der Waals surface area contributed by atoms with Gasteiger partial charge in [-0.1, -0.05) is 91.0 Å². The molecule has 2 unspecified atom stereocenters. The number of hydrogen-bond donors (Lipinski definition) is 2. The molecule has 5 aromatic carbocycles. The van der Waals surface area contributed by atoms with Crippen LogP contribution in [0.2, 0.25) is 0 Å². The van der Waals surface area contributed by atoms with Gasteiger partial charge in [-0.3, -0.25) is 0 Å². The summed E-state index contributed by atoms with van der Waals surface area (Å²) >= 11 is 0. The van der Waals surface area contributed by atoms with E-state index in [-0.39, 0.29) is 11.4 Å². The third-order valence-electron chi connectivity index (χ3n) is 8.35. The maximum Gasteiger partial charge on any atom is 0.240 e. The lowest BCUT2D eigenvalue weighted by molar-refractivity contribution is 0.379. The van der Waals surface area contributed by atoms with Gasteiger partial charge in [0.05, 0.1) is 12.0 Å². The second-order valence-corrected chi connectivity index (χ2v) is 12.8. The van der Waals surface area contributed by atoms with E-state index in [2.05, 4.69) is 70.7 Å². The van der Waals surface area contributed by atoms with Gasteiger partial charge in [0.15, 0.2) is 0 Å². The van der Waals surface area contributed by atoms with Gasteiger partial charge in [-0.05, 0) is 82.1 Å². The van der Waals surface area contributed by atoms with Crippen LogP contribution < -0.4 is 14.8 Å². The first-order valence-corrected chi connectivity index (χ1v) is 16.0. The Hall–Kier alpha value is -3.97. The first-order valence-electron chi connectivity index (χ1n) is 14.5. The van der Waals surface area contributed by atoms with Crippen LogP contribution in [0.3, 0.4) is 0 Å². The van der Waals surface area contributed by atoms with E-state index in [1.807, 2.05) is 42.5 Å². The number of rotatable bonds is 10. The zero-order valence-electron chi connectivity index (χ0n) is 23.8. The Labute approximate surface area is 248 Å². The molecule has 0 spiro atoms. The van der Waals surface area contributed by atoms with E-state index < -0.39 is 10.0 Å². The smallest absolute Gasteiger partial charge is 0.240 e. The van der Waals surface area contributed by atoms with Gasteiger partial charge >= 0.3 is 0 Å². The lowest BCUT2D eigenvalue weighted by Crippen LogP contribution is -2.39. The molecule has 0 aromatic heterocycles. The normalized spacial score (nSPS) is 16.7. The Kier molecular flexibility index (Phi) is 8.38. The Balaban J connectivity index is 1.10. The van der Waals surface area contributed by atoms with Gasteiger partial charge < -0.3 is 10.1 Å². The lowest BCUT2D eigenvalue weighted by atomic mass is 9.76. The molecule has 6 heteroatoms. The summed E-state index contributed by atoms with van der Waals surface area (Å²) in [5.74, 6) is 1.28. The maximum absolute atomic E-state index is 13.0. The van der Waals surface area contributed by atoms with Crippen LogP contribution in [0.5, 0.6) is 5.75 Å². The van der Waals surface area contributed by atoms with Crippen molar-refractivity contribution >= 4 is 20.8 Å². The van der Waals surface area contributed by atoms with Gasteiger partial charge in [0.1, 0.15) is 5.75 Å². The van der Waals surface area contributed by atoms with E-state index in [4.69, 9.17) is 4.74 Å². The topological polar surface area (TPSA) is 67.4 Å². The van der Waals surface area contributed by atoms with Crippen molar-refractivity contribution in [2.45, 2.75) is 49.2 Å². The minimum absolute atomic E-state index is 0.241. The van der Waals surface area contributed by atoms with Crippen LogP contribution in [-0.4, -0.2) is 21.6 Å². The highest BCUT2D eigenvalue weighted by molar-refractivity contribution is 7.89. The summed E-state index contributed by atoms with van der Waals surface area (Å²) in [7, 11) is -1.89. The largest absolute Gasteiger partial charge is 0.497 e. The number of fused-ring (bicyclic) bond motifs is 2. The molecule has 0 radical (unpaired) electrons. The zero-order valence-corrected chi connectivity index (χ0v) is 24.6. The Morgan fingerprint density at radius 3 is 2.21 bits per heavy atom. The first kappa shape index (κ1) is 28.2. The summed E-state index contributed by atoms with van der Waals surface area (Å²) in [4.78, 5) is 0.277. The molecule has 2 N–H and O–H groups in total. The second kappa shape index (κ2) is 12.5. The number of ether oxygens (including phenoxy) is 1. The summed E-state index contributed by atoms with van der Waals surface area (Å²) < 4.78 is 34.2. The average Bonchev–Trinajstić information content (AvgIpc) is 3.04. The summed E-state index contributed by atoms with van der Waals surface area (Å²) in [6, 6.07) is 38.7. The Morgan fingerprint density at radius 2 is 1.45 bits per heavy atom. The molecule has 0 bridgehead atoms. The van der Waals surface area contributed by atoms with Gasteiger partial charge in [0.25, 0.3) is 0 Å². The minimum Gasteiger partial charge on any atom is -0.497 e. The highest BCUT2D eigenvalue weighted by atomic mass is 32.2. The first-order chi connectivity index (χ1) is 20.5. The molecule has 0 aliphatic heterocycles. The SMILES string of the molecule is COc1ccc2c(c1)CCC(NCc1ccc(CNS(=O)(=O)c3ccc4ccccc4c3)cc1)C2Cc1ccccc1. The molecule has 0 saturated carbocycles. The van der Waals surface area contributed by atoms with Crippen molar-refractivity contribution in [3.63, 3.8) is 0 Å². The number of benzene rings is 5. The van der Waals surface area contributed by atoms with E-state index >= 15 is 0 Å². The maximum atomic E-state index is 13.0. The molecule has 0 amide bonds. The number of hydrogen-bond acceptors (Lipinski definition) is 4. The van der Waals surface area contributed by atoms with Crippen molar-refractivity contribution < 1.29 is 13.2 Å². The van der Waals surface area contributed by atoms with Crippen LogP contribution in [0.4, 0.5) is 0 Å². The molecule has 214 valence electrons. The van der Waals surface area contributed by atoms with Gasteiger partial charge in [-0.2, -0.15) is 0 Å². The van der Waals surface area contributed by atoms with Crippen molar-refractivity contribution in [3.8, 4) is 5.75 Å². The Bertz CT molecular complexity index is 1770. The number of aryl methyl sites for hydroxylation is 1. The standard InChI is InChI=1S/C36H36N2O3S/c1-41-32-17-19-34-31(22-32)16-20-36(35(34)21-26-7-3-2-4-8-26)37-24-27-11-13-28(14-12-27)25-38-42(39,40)33-18-15-29-9-5-6-10-30(29)23-33/h2-15,17-19,22-23,35-38H,16,20-21,24-25H2,1H3. The molecule has 1 aliphatic rings. The van der Waals surface area contributed by atoms with E-state index in [1.54, 1.807) is 19.2 Å². The number of nitrogens with one attached hydrogen (secondary N) is 2. The van der Waals surface area contributed by atoms with Crippen LogP contribution in [0.15, 0.2) is 120 Å².